The Morgan fingerprint density at radius 2 is 2.00 bits per heavy atom. The maximum absolute atomic E-state index is 4.29. The third-order valence-electron chi connectivity index (χ3n) is 5.02. The summed E-state index contributed by atoms with van der Waals surface area (Å²) in [5.74, 6) is 0.669. The van der Waals surface area contributed by atoms with Gasteiger partial charge in [0.2, 0.25) is 0 Å². The quantitative estimate of drug-likeness (QED) is 0.872. The van der Waals surface area contributed by atoms with Crippen molar-refractivity contribution >= 4 is 11.0 Å². The Bertz CT molecular complexity index is 812. The summed E-state index contributed by atoms with van der Waals surface area (Å²) in [6.07, 6.45) is 14.6. The Morgan fingerprint density at radius 3 is 2.91 bits per heavy atom. The summed E-state index contributed by atoms with van der Waals surface area (Å²) in [6.45, 7) is 6.13. The van der Waals surface area contributed by atoms with E-state index in [1.54, 1.807) is 0 Å². The van der Waals surface area contributed by atoms with Gasteiger partial charge in [0.15, 0.2) is 0 Å². The van der Waals surface area contributed by atoms with Crippen molar-refractivity contribution in [2.24, 2.45) is 5.92 Å². The lowest BCUT2D eigenvalue weighted by molar-refractivity contribution is 0.377. The van der Waals surface area contributed by atoms with Gasteiger partial charge in [0.05, 0.1) is 18.1 Å². The van der Waals surface area contributed by atoms with Crippen molar-refractivity contribution in [3.63, 3.8) is 0 Å². The topological polar surface area (TPSA) is 34.0 Å². The van der Waals surface area contributed by atoms with Crippen molar-refractivity contribution < 1.29 is 0 Å². The Morgan fingerprint density at radius 1 is 1.17 bits per heavy atom. The largest absolute Gasteiger partial charge is 0.371 e. The number of rotatable bonds is 3. The lowest BCUT2D eigenvalue weighted by Crippen LogP contribution is -2.26. The summed E-state index contributed by atoms with van der Waals surface area (Å²) < 4.78 is 1.97. The molecule has 0 saturated carbocycles. The number of nitrogens with zero attached hydrogens (tertiary/aromatic N) is 4. The predicted octanol–water partition coefficient (Wildman–Crippen LogP) is 3.38. The molecule has 23 heavy (non-hydrogen) atoms. The van der Waals surface area contributed by atoms with E-state index in [9.17, 15) is 0 Å². The van der Waals surface area contributed by atoms with Crippen molar-refractivity contribution in [3.05, 3.63) is 59.8 Å². The highest BCUT2D eigenvalue weighted by Crippen LogP contribution is 2.29. The van der Waals surface area contributed by atoms with Gasteiger partial charge in [0, 0.05) is 12.5 Å². The van der Waals surface area contributed by atoms with E-state index in [4.69, 9.17) is 0 Å². The zero-order chi connectivity index (χ0) is 15.8. The number of allylic oxidation sites excluding steroid dienone is 3. The number of benzene rings is 1. The standard InChI is InChI=1S/C19H22N4/c1-14-12-17-19(13-15(14)2)23(21-20-17)10-5-9-22-11-8-16-6-3-4-7-18(16)22/h3-7,9,12-13,16,18H,8,10-11H2,1-2H3. The molecule has 4 rings (SSSR count). The second-order valence-electron chi connectivity index (χ2n) is 6.53. The Kier molecular flexibility index (Phi) is 3.52. The van der Waals surface area contributed by atoms with Gasteiger partial charge < -0.3 is 4.90 Å². The van der Waals surface area contributed by atoms with E-state index in [1.165, 1.54) is 17.5 Å². The molecule has 0 N–H and O–H groups in total. The molecule has 1 saturated heterocycles. The van der Waals surface area contributed by atoms with Crippen LogP contribution in [0.4, 0.5) is 0 Å². The van der Waals surface area contributed by atoms with Crippen molar-refractivity contribution in [2.75, 3.05) is 6.54 Å². The van der Waals surface area contributed by atoms with Gasteiger partial charge >= 0.3 is 0 Å². The average molecular weight is 306 g/mol. The summed E-state index contributed by atoms with van der Waals surface area (Å²) in [6, 6.07) is 4.81. The Balaban J connectivity index is 1.50. The first-order chi connectivity index (χ1) is 11.2. The number of fused-ring (bicyclic) bond motifs is 2. The van der Waals surface area contributed by atoms with E-state index >= 15 is 0 Å². The highest BCUT2D eigenvalue weighted by Gasteiger charge is 2.29. The van der Waals surface area contributed by atoms with E-state index < -0.39 is 0 Å². The summed E-state index contributed by atoms with van der Waals surface area (Å²) in [5, 5.41) is 8.58. The Labute approximate surface area is 136 Å². The van der Waals surface area contributed by atoms with Crippen LogP contribution in [0.5, 0.6) is 0 Å². The maximum atomic E-state index is 4.29. The van der Waals surface area contributed by atoms with E-state index in [2.05, 4.69) is 77.8 Å². The molecule has 2 heterocycles. The molecule has 4 nitrogen and oxygen atoms in total. The summed E-state index contributed by atoms with van der Waals surface area (Å²) >= 11 is 0. The molecule has 4 heteroatoms. The fraction of sp³-hybridized carbons (Fsp3) is 0.368. The van der Waals surface area contributed by atoms with Crippen molar-refractivity contribution in [2.45, 2.75) is 32.9 Å². The first-order valence-corrected chi connectivity index (χ1v) is 8.30. The van der Waals surface area contributed by atoms with Gasteiger partial charge in [-0.15, -0.1) is 5.10 Å². The monoisotopic (exact) mass is 306 g/mol. The van der Waals surface area contributed by atoms with E-state index in [-0.39, 0.29) is 0 Å². The number of aromatic nitrogens is 3. The average Bonchev–Trinajstić information content (AvgIpc) is 3.13. The van der Waals surface area contributed by atoms with E-state index in [0.29, 0.717) is 12.0 Å². The zero-order valence-corrected chi connectivity index (χ0v) is 13.7. The molecule has 2 atom stereocenters. The van der Waals surface area contributed by atoms with Gasteiger partial charge in [-0.25, -0.2) is 4.68 Å². The van der Waals surface area contributed by atoms with Crippen LogP contribution in [0.1, 0.15) is 17.5 Å². The summed E-state index contributed by atoms with van der Waals surface area (Å²) in [7, 11) is 0. The molecule has 0 bridgehead atoms. The van der Waals surface area contributed by atoms with Crippen LogP contribution in [0.15, 0.2) is 48.7 Å². The molecule has 0 spiro atoms. The van der Waals surface area contributed by atoms with Crippen molar-refractivity contribution in [3.8, 4) is 0 Å². The van der Waals surface area contributed by atoms with Crippen molar-refractivity contribution in [1.29, 1.82) is 0 Å². The van der Waals surface area contributed by atoms with Gasteiger partial charge in [-0.3, -0.25) is 0 Å². The highest BCUT2D eigenvalue weighted by atomic mass is 15.4. The zero-order valence-electron chi connectivity index (χ0n) is 13.7. The maximum Gasteiger partial charge on any atom is 0.113 e. The van der Waals surface area contributed by atoms with Crippen molar-refractivity contribution in [1.82, 2.24) is 19.9 Å². The first-order valence-electron chi connectivity index (χ1n) is 8.30. The molecule has 0 amide bonds. The SMILES string of the molecule is Cc1cc2nnn(CC=CN3CCC4C=CC=CC43)c2cc1C. The molecule has 2 aliphatic rings. The van der Waals surface area contributed by atoms with Crippen LogP contribution in [0, 0.1) is 19.8 Å². The minimum atomic E-state index is 0.522. The molecule has 1 aliphatic carbocycles. The number of aryl methyl sites for hydroxylation is 2. The molecule has 1 fully saturated rings. The van der Waals surface area contributed by atoms with Crippen LogP contribution in [0.3, 0.4) is 0 Å². The molecule has 2 unspecified atom stereocenters. The summed E-state index contributed by atoms with van der Waals surface area (Å²) in [5.41, 5.74) is 4.63. The van der Waals surface area contributed by atoms with Crippen LogP contribution in [0.2, 0.25) is 0 Å². The first kappa shape index (κ1) is 14.2. The van der Waals surface area contributed by atoms with E-state index in [1.807, 2.05) is 4.68 Å². The normalized spacial score (nSPS) is 23.3. The van der Waals surface area contributed by atoms with Crippen LogP contribution in [-0.2, 0) is 6.54 Å². The van der Waals surface area contributed by atoms with Gasteiger partial charge in [-0.1, -0.05) is 29.5 Å². The lowest BCUT2D eigenvalue weighted by Gasteiger charge is -2.24. The predicted molar refractivity (Wildman–Crippen MR) is 93.0 cm³/mol. The molecule has 1 aromatic carbocycles. The minimum Gasteiger partial charge on any atom is -0.371 e. The minimum absolute atomic E-state index is 0.522. The molecular weight excluding hydrogens is 284 g/mol. The molecule has 118 valence electrons. The number of hydrogen-bond acceptors (Lipinski definition) is 3. The lowest BCUT2D eigenvalue weighted by atomic mass is 9.96. The summed E-state index contributed by atoms with van der Waals surface area (Å²) in [4.78, 5) is 2.43. The number of likely N-dealkylation sites (tertiary alicyclic amines) is 1. The molecule has 1 aliphatic heterocycles. The third kappa shape index (κ3) is 2.58. The van der Waals surface area contributed by atoms with Gasteiger partial charge in [0.25, 0.3) is 0 Å². The van der Waals surface area contributed by atoms with Crippen LogP contribution >= 0.6 is 0 Å². The molecular formula is C19H22N4. The molecule has 1 aromatic heterocycles. The van der Waals surface area contributed by atoms with Gasteiger partial charge in [0.1, 0.15) is 5.52 Å². The Hall–Kier alpha value is -2.36. The number of hydrogen-bond donors (Lipinski definition) is 0. The fourth-order valence-electron chi connectivity index (χ4n) is 3.53. The smallest absolute Gasteiger partial charge is 0.113 e. The fourth-order valence-corrected chi connectivity index (χ4v) is 3.53. The van der Waals surface area contributed by atoms with Crippen LogP contribution < -0.4 is 0 Å². The highest BCUT2D eigenvalue weighted by molar-refractivity contribution is 5.76. The van der Waals surface area contributed by atoms with Gasteiger partial charge in [-0.05, 0) is 55.8 Å². The second kappa shape index (κ2) is 5.69. The second-order valence-corrected chi connectivity index (χ2v) is 6.53. The van der Waals surface area contributed by atoms with E-state index in [0.717, 1.165) is 24.1 Å². The third-order valence-corrected chi connectivity index (χ3v) is 5.02. The van der Waals surface area contributed by atoms with Gasteiger partial charge in [-0.2, -0.15) is 0 Å². The van der Waals surface area contributed by atoms with Crippen LogP contribution in [-0.4, -0.2) is 32.5 Å². The van der Waals surface area contributed by atoms with Crippen LogP contribution in [0.25, 0.3) is 11.0 Å². The molecule has 0 radical (unpaired) electrons. The molecule has 2 aromatic rings.